The minimum atomic E-state index is -5.08. The molecule has 1 N–H and O–H groups in total. The summed E-state index contributed by atoms with van der Waals surface area (Å²) in [4.78, 5) is 27.1. The first kappa shape index (κ1) is 29.8. The Balaban J connectivity index is 2.01. The molecule has 0 aliphatic rings. The van der Waals surface area contributed by atoms with Gasteiger partial charge in [-0.3, -0.25) is 4.98 Å². The minimum absolute atomic E-state index is 0.0819. The molecule has 2 atom stereocenters. The number of nitrogens with zero attached hydrogens (tertiary/aromatic N) is 5. The zero-order valence-electron chi connectivity index (χ0n) is 21.8. The van der Waals surface area contributed by atoms with Crippen LogP contribution in [0.15, 0.2) is 24.8 Å². The summed E-state index contributed by atoms with van der Waals surface area (Å²) in [6, 6.07) is -4.85. The van der Waals surface area contributed by atoms with Gasteiger partial charge in [-0.05, 0) is 27.2 Å². The van der Waals surface area contributed by atoms with Crippen LogP contribution in [0.2, 0.25) is 0 Å². The van der Waals surface area contributed by atoms with Crippen molar-refractivity contribution in [2.45, 2.75) is 58.0 Å². The Kier molecular flexibility index (Phi) is 8.80. The molecular formula is C24H28F6N6O3. The van der Waals surface area contributed by atoms with E-state index < -0.39 is 43.3 Å². The molecule has 39 heavy (non-hydrogen) atoms. The highest BCUT2D eigenvalue weighted by atomic mass is 19.4. The first-order chi connectivity index (χ1) is 18.2. The number of alkyl halides is 6. The third-order valence-electron chi connectivity index (χ3n) is 6.12. The number of urea groups is 1. The standard InChI is InChI=1S/C24H28F6N6O3/c1-6-36(22(37)34-17(24(28,29)30)7-8-23(25,26)27)14(3)19-20(39-5)18(16(38-4)11-32-19)15-12-35-10-9-31-21(35)13(2)33-15/h9-12,14,17H,6-8H2,1-5H3,(H,34,37)/t14-,17+/m1/s1. The van der Waals surface area contributed by atoms with Gasteiger partial charge in [-0.25, -0.2) is 14.8 Å². The van der Waals surface area contributed by atoms with E-state index in [9.17, 15) is 31.1 Å². The number of halogens is 6. The van der Waals surface area contributed by atoms with Crippen molar-refractivity contribution >= 4 is 11.7 Å². The number of pyridine rings is 1. The van der Waals surface area contributed by atoms with Crippen LogP contribution in [0.25, 0.3) is 16.9 Å². The van der Waals surface area contributed by atoms with E-state index in [-0.39, 0.29) is 23.7 Å². The van der Waals surface area contributed by atoms with Gasteiger partial charge in [0.2, 0.25) is 0 Å². The largest absolute Gasteiger partial charge is 0.494 e. The summed E-state index contributed by atoms with van der Waals surface area (Å²) < 4.78 is 91.0. The van der Waals surface area contributed by atoms with Crippen LogP contribution in [0.4, 0.5) is 31.1 Å². The third-order valence-corrected chi connectivity index (χ3v) is 6.12. The molecule has 3 rings (SSSR count). The normalized spacial score (nSPS) is 13.7. The number of fused-ring (bicyclic) bond motifs is 1. The van der Waals surface area contributed by atoms with Crippen molar-refractivity contribution in [2.75, 3.05) is 20.8 Å². The zero-order valence-corrected chi connectivity index (χ0v) is 21.8. The number of amides is 2. The molecule has 2 amide bonds. The first-order valence-electron chi connectivity index (χ1n) is 11.8. The molecule has 0 spiro atoms. The number of imidazole rings is 1. The lowest BCUT2D eigenvalue weighted by atomic mass is 10.0. The lowest BCUT2D eigenvalue weighted by Crippen LogP contribution is -2.51. The highest BCUT2D eigenvalue weighted by molar-refractivity contribution is 5.78. The van der Waals surface area contributed by atoms with Gasteiger partial charge >= 0.3 is 18.4 Å². The zero-order chi connectivity index (χ0) is 29.1. The summed E-state index contributed by atoms with van der Waals surface area (Å²) >= 11 is 0. The maximum atomic E-state index is 13.4. The number of carbonyl (C=O) groups excluding carboxylic acids is 1. The van der Waals surface area contributed by atoms with Gasteiger partial charge in [0.1, 0.15) is 17.5 Å². The van der Waals surface area contributed by atoms with Crippen molar-refractivity contribution in [1.82, 2.24) is 29.6 Å². The number of rotatable bonds is 9. The number of aryl methyl sites for hydroxylation is 1. The Hall–Kier alpha value is -3.78. The van der Waals surface area contributed by atoms with E-state index in [1.165, 1.54) is 34.3 Å². The van der Waals surface area contributed by atoms with E-state index >= 15 is 0 Å². The second-order valence-corrected chi connectivity index (χ2v) is 8.65. The molecule has 0 saturated carbocycles. The summed E-state index contributed by atoms with van der Waals surface area (Å²) in [7, 11) is 2.77. The predicted molar refractivity (Wildman–Crippen MR) is 129 cm³/mol. The van der Waals surface area contributed by atoms with Gasteiger partial charge in [-0.15, -0.1) is 0 Å². The molecule has 0 fully saturated rings. The van der Waals surface area contributed by atoms with Crippen molar-refractivity contribution in [2.24, 2.45) is 0 Å². The van der Waals surface area contributed by atoms with E-state index in [2.05, 4.69) is 15.0 Å². The van der Waals surface area contributed by atoms with Crippen LogP contribution in [0.5, 0.6) is 11.5 Å². The average Bonchev–Trinajstić information content (AvgIpc) is 3.34. The fraction of sp³-hybridized carbons (Fsp3) is 0.500. The number of ether oxygens (including phenoxy) is 2. The molecular weight excluding hydrogens is 534 g/mol. The highest BCUT2D eigenvalue weighted by Gasteiger charge is 2.44. The van der Waals surface area contributed by atoms with E-state index in [1.54, 1.807) is 35.2 Å². The van der Waals surface area contributed by atoms with Gasteiger partial charge in [0.15, 0.2) is 11.4 Å². The Morgan fingerprint density at radius 3 is 2.41 bits per heavy atom. The lowest BCUT2D eigenvalue weighted by Gasteiger charge is -2.32. The van der Waals surface area contributed by atoms with Crippen LogP contribution >= 0.6 is 0 Å². The number of hydrogen-bond donors (Lipinski definition) is 1. The Morgan fingerprint density at radius 2 is 1.85 bits per heavy atom. The summed E-state index contributed by atoms with van der Waals surface area (Å²) in [5.74, 6) is 0.440. The first-order valence-corrected chi connectivity index (χ1v) is 11.8. The van der Waals surface area contributed by atoms with E-state index in [4.69, 9.17) is 9.47 Å². The van der Waals surface area contributed by atoms with Gasteiger partial charge in [0.25, 0.3) is 0 Å². The molecule has 3 aromatic heterocycles. The second kappa shape index (κ2) is 11.5. The fourth-order valence-electron chi connectivity index (χ4n) is 4.20. The van der Waals surface area contributed by atoms with E-state index in [1.807, 2.05) is 0 Å². The average molecular weight is 563 g/mol. The number of hydrogen-bond acceptors (Lipinski definition) is 6. The summed E-state index contributed by atoms with van der Waals surface area (Å²) in [6.45, 7) is 4.71. The Morgan fingerprint density at radius 1 is 1.15 bits per heavy atom. The SMILES string of the molecule is CCN(C(=O)N[C@@H](CCC(F)(F)F)C(F)(F)F)[C@H](C)c1ncc(OC)c(-c2cn3ccnc3c(C)n2)c1OC. The Bertz CT molecular complexity index is 1310. The van der Waals surface area contributed by atoms with Gasteiger partial charge in [-0.1, -0.05) is 0 Å². The highest BCUT2D eigenvalue weighted by Crippen LogP contribution is 2.42. The van der Waals surface area contributed by atoms with Crippen LogP contribution in [0.3, 0.4) is 0 Å². The second-order valence-electron chi connectivity index (χ2n) is 8.65. The molecule has 0 unspecified atom stereocenters. The van der Waals surface area contributed by atoms with Crippen molar-refractivity contribution in [3.8, 4) is 22.8 Å². The van der Waals surface area contributed by atoms with Gasteiger partial charge in [0.05, 0.1) is 43.4 Å². The predicted octanol–water partition coefficient (Wildman–Crippen LogP) is 5.48. The molecule has 9 nitrogen and oxygen atoms in total. The van der Waals surface area contributed by atoms with Crippen LogP contribution in [0, 0.1) is 6.92 Å². The molecule has 3 aromatic rings. The quantitative estimate of drug-likeness (QED) is 0.347. The van der Waals surface area contributed by atoms with Crippen LogP contribution in [-0.4, -0.2) is 69.4 Å². The molecule has 0 bridgehead atoms. The topological polar surface area (TPSA) is 93.9 Å². The van der Waals surface area contributed by atoms with E-state index in [0.717, 1.165) is 4.90 Å². The smallest absolute Gasteiger partial charge is 0.408 e. The minimum Gasteiger partial charge on any atom is -0.494 e. The van der Waals surface area contributed by atoms with Crippen molar-refractivity contribution < 1.29 is 40.6 Å². The molecule has 0 aromatic carbocycles. The monoisotopic (exact) mass is 562 g/mol. The van der Waals surface area contributed by atoms with E-state index in [0.29, 0.717) is 22.6 Å². The maximum absolute atomic E-state index is 13.4. The number of nitrogens with one attached hydrogen (secondary N) is 1. The molecule has 214 valence electrons. The summed E-state index contributed by atoms with van der Waals surface area (Å²) in [5.41, 5.74) is 2.19. The lowest BCUT2D eigenvalue weighted by molar-refractivity contribution is -0.171. The van der Waals surface area contributed by atoms with Crippen LogP contribution in [-0.2, 0) is 0 Å². The molecule has 0 aliphatic heterocycles. The molecule has 3 heterocycles. The van der Waals surface area contributed by atoms with Crippen molar-refractivity contribution in [3.05, 3.63) is 36.2 Å². The summed E-state index contributed by atoms with van der Waals surface area (Å²) in [5, 5.41) is 1.71. The van der Waals surface area contributed by atoms with Crippen LogP contribution in [0.1, 0.15) is 44.1 Å². The molecule has 15 heteroatoms. The summed E-state index contributed by atoms with van der Waals surface area (Å²) in [6.07, 6.45) is -6.57. The maximum Gasteiger partial charge on any atom is 0.408 e. The van der Waals surface area contributed by atoms with Crippen molar-refractivity contribution in [1.29, 1.82) is 0 Å². The number of methoxy groups -OCH3 is 2. The Labute approximate surface area is 220 Å². The van der Waals surface area contributed by atoms with Gasteiger partial charge < -0.3 is 24.1 Å². The molecule has 0 aliphatic carbocycles. The van der Waals surface area contributed by atoms with Crippen molar-refractivity contribution in [3.63, 3.8) is 0 Å². The number of carbonyl (C=O) groups is 1. The third kappa shape index (κ3) is 6.63. The molecule has 0 radical (unpaired) electrons. The van der Waals surface area contributed by atoms with Gasteiger partial charge in [-0.2, -0.15) is 26.3 Å². The fourth-order valence-corrected chi connectivity index (χ4v) is 4.20. The van der Waals surface area contributed by atoms with Gasteiger partial charge in [0, 0.05) is 31.6 Å². The molecule has 0 saturated heterocycles. The number of aromatic nitrogens is 4. The van der Waals surface area contributed by atoms with Crippen LogP contribution < -0.4 is 14.8 Å².